The quantitative estimate of drug-likeness (QED) is 0.385. The Kier molecular flexibility index (Phi) is 2.41. The summed E-state index contributed by atoms with van der Waals surface area (Å²) >= 11 is 0. The summed E-state index contributed by atoms with van der Waals surface area (Å²) in [5, 5.41) is 0. The van der Waals surface area contributed by atoms with Crippen LogP contribution < -0.4 is 0 Å². The first-order chi connectivity index (χ1) is 2.81. The van der Waals surface area contributed by atoms with Gasteiger partial charge < -0.3 is 0 Å². The number of hydrogen-bond acceptors (Lipinski definition) is 1. The molecule has 1 unspecified atom stereocenters. The molecule has 0 fully saturated rings. The molecule has 0 nitrogen and oxygen atoms in total. The van der Waals surface area contributed by atoms with Crippen molar-refractivity contribution >= 4 is 36.4 Å². The van der Waals surface area contributed by atoms with Gasteiger partial charge in [-0.3, -0.25) is 0 Å². The maximum atomic E-state index is 6.72. The van der Waals surface area contributed by atoms with Gasteiger partial charge in [-0.25, -0.2) is 0 Å². The summed E-state index contributed by atoms with van der Waals surface area (Å²) in [6.45, 7) is 0. The molecule has 0 saturated carbocycles. The molecule has 0 bridgehead atoms. The van der Waals surface area contributed by atoms with Gasteiger partial charge in [0.2, 0.25) is 0 Å². The Morgan fingerprint density at radius 3 is 3.75 bits per heavy atom. The minimum atomic E-state index is -1.10. The monoisotopic (exact) mass is 114 g/mol. The van der Waals surface area contributed by atoms with E-state index in [1.54, 1.807) is 0 Å². The van der Waals surface area contributed by atoms with Crippen molar-refractivity contribution in [3.8, 4) is 0 Å². The maximum Gasteiger partial charge on any atom is 0.136 e. The SMILES string of the molecule is [2H]P([B][3H])SCl. The zero-order chi connectivity index (χ0) is 4.99. The Labute approximate surface area is 39.7 Å². The van der Waals surface area contributed by atoms with Gasteiger partial charge in [-0.2, -0.15) is 0 Å². The fourth-order valence-corrected chi connectivity index (χ4v) is 0. The van der Waals surface area contributed by atoms with Crippen LogP contribution in [0.4, 0.5) is 0 Å². The van der Waals surface area contributed by atoms with Crippen LogP contribution in [0.15, 0.2) is 0 Å². The molecule has 23 valence electrons. The molecule has 0 aliphatic heterocycles. The molecule has 1 radical (unpaired) electrons. The van der Waals surface area contributed by atoms with Crippen LogP contribution in [0.3, 0.4) is 0 Å². The van der Waals surface area contributed by atoms with Crippen LogP contribution in [0.25, 0.3) is 0 Å². The highest BCUT2D eigenvalue weighted by Crippen LogP contribution is 2.26. The van der Waals surface area contributed by atoms with E-state index < -0.39 is 7.61 Å². The molecule has 0 spiro atoms. The smallest absolute Gasteiger partial charge is 0.0919 e. The van der Waals surface area contributed by atoms with Crippen LogP contribution in [-0.4, -0.2) is 10.1 Å². The van der Waals surface area contributed by atoms with E-state index in [-0.39, 0.29) is 0 Å². The molecule has 0 aromatic rings. The zero-order valence-electron chi connectivity index (χ0n) is 3.81. The van der Waals surface area contributed by atoms with Gasteiger partial charge in [-0.1, -0.05) is 7.61 Å². The Morgan fingerprint density at radius 2 is 3.75 bits per heavy atom. The second-order valence-electron chi connectivity index (χ2n) is 0.174. The third-order valence-corrected chi connectivity index (χ3v) is 1.08. The second kappa shape index (κ2) is 4.13. The number of hydrogen-bond donors (Lipinski definition) is 0. The van der Waals surface area contributed by atoms with Crippen LogP contribution in [0.2, 0.25) is 0 Å². The van der Waals surface area contributed by atoms with E-state index >= 15 is 0 Å². The Bertz CT molecular complexity index is 32.7. The van der Waals surface area contributed by atoms with E-state index in [1.165, 1.54) is 0 Å². The molecule has 0 aromatic heterocycles. The summed E-state index contributed by atoms with van der Waals surface area (Å²) in [7, 11) is 5.88. The molecular formula is H2BClPS. The molecule has 4 heavy (non-hydrogen) atoms. The highest BCUT2D eigenvalue weighted by atomic mass is 35.7. The lowest BCUT2D eigenvalue weighted by Crippen LogP contribution is -1.17. The molecule has 0 N–H and O–H groups in total. The van der Waals surface area contributed by atoms with Crippen molar-refractivity contribution in [3.63, 3.8) is 0 Å². The Morgan fingerprint density at radius 1 is 3.00 bits per heavy atom. The topological polar surface area (TPSA) is 0 Å². The Hall–Kier alpha value is 1.13. The average molecular weight is 114 g/mol. The standard InChI is InChI=1S/BClH2PS/c1-3-4-2/h1,3H/i1T,3D. The third kappa shape index (κ3) is 3.13. The van der Waals surface area contributed by atoms with Crippen LogP contribution in [-0.2, 0) is 0 Å². The molecule has 0 aromatic carbocycles. The van der Waals surface area contributed by atoms with Crippen LogP contribution >= 0.6 is 28.9 Å². The van der Waals surface area contributed by atoms with E-state index in [0.29, 0.717) is 0 Å². The van der Waals surface area contributed by atoms with Crippen LogP contribution in [0.5, 0.6) is 0 Å². The maximum absolute atomic E-state index is 6.72. The van der Waals surface area contributed by atoms with Gasteiger partial charge in [0.15, 0.2) is 0 Å². The van der Waals surface area contributed by atoms with Gasteiger partial charge in [-0.15, -0.1) is 0 Å². The van der Waals surface area contributed by atoms with Crippen LogP contribution in [0.1, 0.15) is 0 Å². The summed E-state index contributed by atoms with van der Waals surface area (Å²) in [4.78, 5) is 0. The van der Waals surface area contributed by atoms with E-state index in [4.69, 9.17) is 13.3 Å². The van der Waals surface area contributed by atoms with Crippen molar-refractivity contribution in [1.29, 1.82) is 2.61 Å². The molecule has 0 amide bonds. The van der Waals surface area contributed by atoms with Crippen molar-refractivity contribution in [2.45, 2.75) is 0 Å². The summed E-state index contributed by atoms with van der Waals surface area (Å²) in [5.41, 5.74) is 0. The average Bonchev–Trinajstić information content (AvgIpc) is 1.65. The predicted octanol–water partition coefficient (Wildman–Crippen LogP) is 1.28. The highest BCUT2D eigenvalue weighted by molar-refractivity contribution is 8.66. The van der Waals surface area contributed by atoms with Gasteiger partial charge >= 0.3 is 0 Å². The third-order valence-electron chi connectivity index (χ3n) is 0.0398. The van der Waals surface area contributed by atoms with Crippen molar-refractivity contribution in [2.24, 2.45) is 0 Å². The van der Waals surface area contributed by atoms with E-state index in [1.807, 2.05) is 0 Å². The van der Waals surface area contributed by atoms with Gasteiger partial charge in [0.05, 0.1) is 1.28 Å². The van der Waals surface area contributed by atoms with E-state index in [0.717, 1.165) is 18.1 Å². The molecule has 1 atom stereocenters. The summed E-state index contributed by atoms with van der Waals surface area (Å²) in [6, 6.07) is 0. The van der Waals surface area contributed by atoms with Crippen molar-refractivity contribution in [2.75, 3.05) is 0 Å². The summed E-state index contributed by atoms with van der Waals surface area (Å²) in [6.07, 6.45) is 0. The largest absolute Gasteiger partial charge is 0.136 e. The van der Waals surface area contributed by atoms with Gasteiger partial charge in [0.1, 0.15) is 7.53 Å². The minimum absolute atomic E-state index is 0.885. The van der Waals surface area contributed by atoms with E-state index in [9.17, 15) is 0 Å². The fourth-order valence-electron chi connectivity index (χ4n) is 0. The van der Waals surface area contributed by atoms with Crippen molar-refractivity contribution < 1.29 is 0 Å². The molecule has 0 aliphatic carbocycles. The summed E-state index contributed by atoms with van der Waals surface area (Å²) in [5.74, 6) is 0. The number of rotatable bonds is 2. The molecule has 0 heterocycles. The second-order valence-corrected chi connectivity index (χ2v) is 2.81. The highest BCUT2D eigenvalue weighted by Gasteiger charge is 1.59. The minimum Gasteiger partial charge on any atom is -0.0919 e. The first-order valence-corrected chi connectivity index (χ1v) is 3.81. The first-order valence-electron chi connectivity index (χ1n) is 1.62. The molecule has 0 aliphatic rings. The summed E-state index contributed by atoms with van der Waals surface area (Å²) < 4.78 is 13.1. The van der Waals surface area contributed by atoms with Crippen LogP contribution in [0, 0.1) is 0 Å². The fraction of sp³-hybridized carbons (Fsp3) is 0. The number of halogens is 1. The van der Waals surface area contributed by atoms with E-state index in [2.05, 4.69) is 0 Å². The van der Waals surface area contributed by atoms with Gasteiger partial charge in [0.25, 0.3) is 0 Å². The first kappa shape index (κ1) is 2.33. The van der Waals surface area contributed by atoms with Crippen molar-refractivity contribution in [1.82, 2.24) is 0 Å². The predicted molar refractivity (Wildman–Crippen MR) is 28.9 cm³/mol. The van der Waals surface area contributed by atoms with Crippen molar-refractivity contribution in [3.05, 3.63) is 0 Å². The van der Waals surface area contributed by atoms with Gasteiger partial charge in [0, 0.05) is 0 Å². The lowest BCUT2D eigenvalue weighted by molar-refractivity contribution is 4.97. The Balaban J connectivity index is 2.75. The molecular weight excluding hydrogens is 109 g/mol. The normalized spacial score (nSPS) is 21.2. The molecule has 0 rings (SSSR count). The molecule has 0 saturated heterocycles. The lowest BCUT2D eigenvalue weighted by Gasteiger charge is -1.66. The lowest BCUT2D eigenvalue weighted by atomic mass is 10.8. The zero-order valence-corrected chi connectivity index (χ0v) is 4.28. The molecule has 4 heteroatoms. The van der Waals surface area contributed by atoms with Gasteiger partial charge in [-0.05, 0) is 22.6 Å².